The quantitative estimate of drug-likeness (QED) is 0.0618. The summed E-state index contributed by atoms with van der Waals surface area (Å²) in [6.45, 7) is 17.2. The standard InChI is InChI=1S/C48H90O6/c1-7-13-19-25-31-37-49-43-44(50-38-32-26-20-14-8-2)46(52-40-34-28-22-16-10-4)48(54-42-36-30-24-18-12-6)47(53-41-35-29-23-17-11-5)45(43)51-39-33-27-21-15-9-3/h7-42H2,1-6H3. The third kappa shape index (κ3) is 24.5. The first-order valence-electron chi connectivity index (χ1n) is 23.7. The van der Waals surface area contributed by atoms with E-state index in [1.807, 2.05) is 0 Å². The molecule has 0 N–H and O–H groups in total. The zero-order valence-electron chi connectivity index (χ0n) is 36.9. The van der Waals surface area contributed by atoms with Crippen molar-refractivity contribution in [1.29, 1.82) is 0 Å². The van der Waals surface area contributed by atoms with Gasteiger partial charge in [-0.1, -0.05) is 196 Å². The van der Waals surface area contributed by atoms with Gasteiger partial charge in [-0.2, -0.15) is 0 Å². The summed E-state index contributed by atoms with van der Waals surface area (Å²) < 4.78 is 40.8. The molecule has 0 aliphatic carbocycles. The monoisotopic (exact) mass is 763 g/mol. The van der Waals surface area contributed by atoms with Gasteiger partial charge in [-0.15, -0.1) is 0 Å². The molecular weight excluding hydrogens is 673 g/mol. The molecule has 0 saturated carbocycles. The molecule has 1 aromatic rings. The number of ether oxygens (including phenoxy) is 6. The van der Waals surface area contributed by atoms with E-state index in [1.165, 1.54) is 116 Å². The summed E-state index contributed by atoms with van der Waals surface area (Å²) in [5.74, 6) is 3.86. The van der Waals surface area contributed by atoms with Crippen LogP contribution in [0.4, 0.5) is 0 Å². The van der Waals surface area contributed by atoms with Crippen LogP contribution in [0.3, 0.4) is 0 Å². The first kappa shape index (κ1) is 50.0. The van der Waals surface area contributed by atoms with Gasteiger partial charge in [-0.05, 0) is 38.5 Å². The van der Waals surface area contributed by atoms with Crippen molar-refractivity contribution in [1.82, 2.24) is 0 Å². The van der Waals surface area contributed by atoms with Gasteiger partial charge in [0.05, 0.1) is 39.6 Å². The van der Waals surface area contributed by atoms with Crippen LogP contribution in [0.2, 0.25) is 0 Å². The fourth-order valence-corrected chi connectivity index (χ4v) is 6.68. The number of benzene rings is 1. The molecule has 0 aliphatic rings. The molecular formula is C48H90O6. The zero-order valence-corrected chi connectivity index (χ0v) is 36.9. The van der Waals surface area contributed by atoms with Crippen molar-refractivity contribution in [2.45, 2.75) is 234 Å². The molecule has 0 amide bonds. The lowest BCUT2D eigenvalue weighted by atomic mass is 10.1. The highest BCUT2D eigenvalue weighted by Crippen LogP contribution is 2.58. The average Bonchev–Trinajstić information content (AvgIpc) is 3.18. The molecule has 54 heavy (non-hydrogen) atoms. The van der Waals surface area contributed by atoms with Crippen LogP contribution in [-0.2, 0) is 0 Å². The molecule has 0 spiro atoms. The van der Waals surface area contributed by atoms with Gasteiger partial charge in [0.2, 0.25) is 34.5 Å². The van der Waals surface area contributed by atoms with E-state index in [2.05, 4.69) is 41.5 Å². The van der Waals surface area contributed by atoms with E-state index in [0.29, 0.717) is 74.1 Å². The van der Waals surface area contributed by atoms with Crippen LogP contribution >= 0.6 is 0 Å². The molecule has 0 heterocycles. The lowest BCUT2D eigenvalue weighted by molar-refractivity contribution is 0.189. The first-order chi connectivity index (χ1) is 26.7. The van der Waals surface area contributed by atoms with Crippen LogP contribution in [0.5, 0.6) is 34.5 Å². The summed E-state index contributed by atoms with van der Waals surface area (Å²) in [5, 5.41) is 0. The Morgan fingerprint density at radius 2 is 0.315 bits per heavy atom. The number of hydrogen-bond donors (Lipinski definition) is 0. The molecule has 6 nitrogen and oxygen atoms in total. The molecule has 0 aliphatic heterocycles. The average molecular weight is 763 g/mol. The van der Waals surface area contributed by atoms with Crippen molar-refractivity contribution in [3.8, 4) is 34.5 Å². The molecule has 0 saturated heterocycles. The number of unbranched alkanes of at least 4 members (excludes halogenated alkanes) is 24. The van der Waals surface area contributed by atoms with Crippen molar-refractivity contribution < 1.29 is 28.4 Å². The first-order valence-corrected chi connectivity index (χ1v) is 23.7. The topological polar surface area (TPSA) is 55.4 Å². The summed E-state index contributed by atoms with van der Waals surface area (Å²) in [6.07, 6.45) is 35.1. The van der Waals surface area contributed by atoms with Crippen LogP contribution < -0.4 is 28.4 Å². The van der Waals surface area contributed by atoms with Crippen molar-refractivity contribution in [3.05, 3.63) is 0 Å². The fraction of sp³-hybridized carbons (Fsp3) is 0.875. The maximum Gasteiger partial charge on any atom is 0.211 e. The summed E-state index contributed by atoms with van der Waals surface area (Å²) in [4.78, 5) is 0. The van der Waals surface area contributed by atoms with Gasteiger partial charge in [-0.25, -0.2) is 0 Å². The second-order valence-corrected chi connectivity index (χ2v) is 15.6. The van der Waals surface area contributed by atoms with Gasteiger partial charge in [-0.3, -0.25) is 0 Å². The normalized spacial score (nSPS) is 11.2. The largest absolute Gasteiger partial charge is 0.486 e. The molecule has 0 unspecified atom stereocenters. The molecule has 6 heteroatoms. The maximum atomic E-state index is 6.80. The Balaban J connectivity index is 3.73. The Labute approximate surface area is 335 Å². The highest BCUT2D eigenvalue weighted by Gasteiger charge is 2.32. The predicted molar refractivity (Wildman–Crippen MR) is 232 cm³/mol. The Hall–Kier alpha value is -1.98. The molecule has 318 valence electrons. The lowest BCUT2D eigenvalue weighted by Crippen LogP contribution is -2.13. The van der Waals surface area contributed by atoms with E-state index >= 15 is 0 Å². The smallest absolute Gasteiger partial charge is 0.211 e. The van der Waals surface area contributed by atoms with Gasteiger partial charge < -0.3 is 28.4 Å². The van der Waals surface area contributed by atoms with Crippen LogP contribution in [0.25, 0.3) is 0 Å². The second-order valence-electron chi connectivity index (χ2n) is 15.6. The Morgan fingerprint density at radius 3 is 0.444 bits per heavy atom. The summed E-state index contributed by atoms with van der Waals surface area (Å²) >= 11 is 0. The fourth-order valence-electron chi connectivity index (χ4n) is 6.68. The Bertz CT molecular complexity index is 736. The van der Waals surface area contributed by atoms with Crippen LogP contribution in [0.1, 0.15) is 234 Å². The number of hydrogen-bond acceptors (Lipinski definition) is 6. The molecule has 0 radical (unpaired) electrons. The third-order valence-electron chi connectivity index (χ3n) is 10.2. The molecule has 0 bridgehead atoms. The van der Waals surface area contributed by atoms with Crippen molar-refractivity contribution in [2.24, 2.45) is 0 Å². The minimum atomic E-state index is 0.605. The van der Waals surface area contributed by atoms with Crippen LogP contribution in [0, 0.1) is 0 Å². The highest BCUT2D eigenvalue weighted by molar-refractivity contribution is 5.73. The van der Waals surface area contributed by atoms with Crippen molar-refractivity contribution in [2.75, 3.05) is 39.6 Å². The number of rotatable bonds is 42. The van der Waals surface area contributed by atoms with Gasteiger partial charge in [0.15, 0.2) is 0 Å². The molecule has 0 fully saturated rings. The summed E-state index contributed by atoms with van der Waals surface area (Å²) in [6, 6.07) is 0. The van der Waals surface area contributed by atoms with Crippen molar-refractivity contribution in [3.63, 3.8) is 0 Å². The molecule has 0 atom stereocenters. The van der Waals surface area contributed by atoms with E-state index in [-0.39, 0.29) is 0 Å². The highest BCUT2D eigenvalue weighted by atomic mass is 16.6. The van der Waals surface area contributed by atoms with E-state index in [0.717, 1.165) is 77.0 Å². The lowest BCUT2D eigenvalue weighted by Gasteiger charge is -2.26. The SMILES string of the molecule is CCCCCCCOc1c(OCCCCCCC)c(OCCCCCCC)c(OCCCCCCC)c(OCCCCCCC)c1OCCCCCCC. The molecule has 1 rings (SSSR count). The van der Waals surface area contributed by atoms with Gasteiger partial charge in [0, 0.05) is 0 Å². The Kier molecular flexibility index (Phi) is 35.1. The van der Waals surface area contributed by atoms with E-state index in [1.54, 1.807) is 0 Å². The van der Waals surface area contributed by atoms with Gasteiger partial charge in [0.25, 0.3) is 0 Å². The Morgan fingerprint density at radius 1 is 0.185 bits per heavy atom. The van der Waals surface area contributed by atoms with Gasteiger partial charge >= 0.3 is 0 Å². The minimum Gasteiger partial charge on any atom is -0.486 e. The maximum absolute atomic E-state index is 6.80. The molecule has 1 aromatic carbocycles. The summed E-state index contributed by atoms with van der Waals surface area (Å²) in [7, 11) is 0. The van der Waals surface area contributed by atoms with Gasteiger partial charge in [0.1, 0.15) is 0 Å². The van der Waals surface area contributed by atoms with Crippen LogP contribution in [-0.4, -0.2) is 39.6 Å². The zero-order chi connectivity index (χ0) is 39.2. The third-order valence-corrected chi connectivity index (χ3v) is 10.2. The predicted octanol–water partition coefficient (Wildman–Crippen LogP) is 15.8. The minimum absolute atomic E-state index is 0.605. The second kappa shape index (κ2) is 37.9. The molecule has 0 aromatic heterocycles. The van der Waals surface area contributed by atoms with E-state index in [9.17, 15) is 0 Å². The van der Waals surface area contributed by atoms with E-state index in [4.69, 9.17) is 28.4 Å². The van der Waals surface area contributed by atoms with Crippen LogP contribution in [0.15, 0.2) is 0 Å². The summed E-state index contributed by atoms with van der Waals surface area (Å²) in [5.41, 5.74) is 0. The van der Waals surface area contributed by atoms with Crippen molar-refractivity contribution >= 4 is 0 Å². The van der Waals surface area contributed by atoms with E-state index < -0.39 is 0 Å².